The lowest BCUT2D eigenvalue weighted by atomic mass is 10.3. The molecule has 0 aromatic carbocycles. The van der Waals surface area contributed by atoms with Crippen LogP contribution in [0, 0.1) is 0 Å². The van der Waals surface area contributed by atoms with E-state index in [-0.39, 0.29) is 38.8 Å². The number of nitrogens with zero attached hydrogens (tertiary/aromatic N) is 2. The van der Waals surface area contributed by atoms with Crippen LogP contribution in [-0.2, 0) is 19.1 Å². The molecule has 0 unspecified atom stereocenters. The van der Waals surface area contributed by atoms with Crippen molar-refractivity contribution in [2.24, 2.45) is 0 Å². The molecule has 1 saturated heterocycles. The number of ether oxygens (including phenoxy) is 2. The highest BCUT2D eigenvalue weighted by Crippen LogP contribution is 2.19. The summed E-state index contributed by atoms with van der Waals surface area (Å²) in [6, 6.07) is 0. The van der Waals surface area contributed by atoms with Crippen LogP contribution in [0.25, 0.3) is 0 Å². The number of alkyl halides is 3. The molecule has 1 rings (SSSR count). The Labute approximate surface area is 120 Å². The van der Waals surface area contributed by atoms with Crippen molar-refractivity contribution in [3.05, 3.63) is 0 Å². The highest BCUT2D eigenvalue weighted by atomic mass is 19.4. The summed E-state index contributed by atoms with van der Waals surface area (Å²) in [5.74, 6) is -2.15. The molecule has 0 atom stereocenters. The van der Waals surface area contributed by atoms with E-state index in [1.54, 1.807) is 0 Å². The number of carbonyl (C=O) groups is 2. The van der Waals surface area contributed by atoms with Gasteiger partial charge in [-0.15, -0.1) is 0 Å². The van der Waals surface area contributed by atoms with E-state index < -0.39 is 12.1 Å². The van der Waals surface area contributed by atoms with Gasteiger partial charge in [-0.1, -0.05) is 0 Å². The van der Waals surface area contributed by atoms with Crippen LogP contribution in [0.4, 0.5) is 13.2 Å². The number of hydrogen-bond donors (Lipinski definition) is 0. The van der Waals surface area contributed by atoms with Crippen LogP contribution in [0.15, 0.2) is 0 Å². The number of hydrogen-bond acceptors (Lipinski definition) is 4. The third-order valence-corrected chi connectivity index (χ3v) is 3.04. The molecule has 0 aromatic rings. The number of carbonyl (C=O) groups excluding carboxylic acids is 2. The Kier molecular flexibility index (Phi) is 6.90. The molecular formula is C12H19F3N2O4. The summed E-state index contributed by atoms with van der Waals surface area (Å²) in [6.07, 6.45) is -4.56. The van der Waals surface area contributed by atoms with Gasteiger partial charge in [0.25, 0.3) is 0 Å². The van der Waals surface area contributed by atoms with Gasteiger partial charge in [-0.05, 0) is 6.42 Å². The molecule has 21 heavy (non-hydrogen) atoms. The molecule has 0 aliphatic carbocycles. The van der Waals surface area contributed by atoms with E-state index >= 15 is 0 Å². The Bertz CT molecular complexity index is 363. The predicted octanol–water partition coefficient (Wildman–Crippen LogP) is 0.273. The number of rotatable bonds is 5. The van der Waals surface area contributed by atoms with Crippen molar-refractivity contribution in [2.75, 3.05) is 53.1 Å². The molecule has 0 spiro atoms. The van der Waals surface area contributed by atoms with Gasteiger partial charge in [0.2, 0.25) is 5.91 Å². The van der Waals surface area contributed by atoms with Crippen molar-refractivity contribution in [3.63, 3.8) is 0 Å². The summed E-state index contributed by atoms with van der Waals surface area (Å²) in [6.45, 7) is 0.754. The van der Waals surface area contributed by atoms with E-state index in [2.05, 4.69) is 0 Å². The second-order valence-corrected chi connectivity index (χ2v) is 4.57. The van der Waals surface area contributed by atoms with Crippen molar-refractivity contribution in [3.8, 4) is 0 Å². The van der Waals surface area contributed by atoms with Crippen LogP contribution in [-0.4, -0.2) is 80.9 Å². The summed E-state index contributed by atoms with van der Waals surface area (Å²) in [4.78, 5) is 25.1. The van der Waals surface area contributed by atoms with E-state index in [9.17, 15) is 22.8 Å². The minimum absolute atomic E-state index is 0.00729. The summed E-state index contributed by atoms with van der Waals surface area (Å²) >= 11 is 0. The highest BCUT2D eigenvalue weighted by Gasteiger charge is 2.42. The van der Waals surface area contributed by atoms with Crippen LogP contribution in [0.3, 0.4) is 0 Å². The Morgan fingerprint density at radius 1 is 1.05 bits per heavy atom. The summed E-state index contributed by atoms with van der Waals surface area (Å²) < 4.78 is 46.9. The van der Waals surface area contributed by atoms with E-state index in [1.165, 1.54) is 12.0 Å². The van der Waals surface area contributed by atoms with Crippen LogP contribution < -0.4 is 0 Å². The van der Waals surface area contributed by atoms with Crippen LogP contribution >= 0.6 is 0 Å². The molecule has 0 N–H and O–H groups in total. The first-order valence-electron chi connectivity index (χ1n) is 6.57. The largest absolute Gasteiger partial charge is 0.471 e. The smallest absolute Gasteiger partial charge is 0.382 e. The summed E-state index contributed by atoms with van der Waals surface area (Å²) in [5.41, 5.74) is 0. The minimum atomic E-state index is -4.87. The Morgan fingerprint density at radius 2 is 1.67 bits per heavy atom. The van der Waals surface area contributed by atoms with Gasteiger partial charge in [-0.2, -0.15) is 13.2 Å². The van der Waals surface area contributed by atoms with Crippen LogP contribution in [0.2, 0.25) is 0 Å². The minimum Gasteiger partial charge on any atom is -0.382 e. The Hall–Kier alpha value is -1.35. The second kappa shape index (κ2) is 8.18. The van der Waals surface area contributed by atoms with Crippen LogP contribution in [0.5, 0.6) is 0 Å². The quantitative estimate of drug-likeness (QED) is 0.684. The lowest BCUT2D eigenvalue weighted by Crippen LogP contribution is -2.43. The zero-order valence-corrected chi connectivity index (χ0v) is 11.8. The number of amides is 2. The Balaban J connectivity index is 2.41. The third-order valence-electron chi connectivity index (χ3n) is 3.04. The van der Waals surface area contributed by atoms with Crippen molar-refractivity contribution >= 4 is 11.8 Å². The van der Waals surface area contributed by atoms with Gasteiger partial charge in [-0.25, -0.2) is 0 Å². The molecule has 1 aliphatic heterocycles. The summed E-state index contributed by atoms with van der Waals surface area (Å²) in [7, 11) is 1.51. The maximum atomic E-state index is 12.4. The van der Waals surface area contributed by atoms with E-state index in [1.807, 2.05) is 0 Å². The predicted molar refractivity (Wildman–Crippen MR) is 66.5 cm³/mol. The van der Waals surface area contributed by atoms with Gasteiger partial charge in [0.15, 0.2) is 0 Å². The molecular weight excluding hydrogens is 293 g/mol. The third kappa shape index (κ3) is 5.88. The monoisotopic (exact) mass is 312 g/mol. The molecule has 1 fully saturated rings. The van der Waals surface area contributed by atoms with Crippen molar-refractivity contribution in [2.45, 2.75) is 12.6 Å². The molecule has 0 aromatic heterocycles. The van der Waals surface area contributed by atoms with E-state index in [0.29, 0.717) is 19.6 Å². The average Bonchev–Trinajstić information content (AvgIpc) is 2.67. The number of halogens is 3. The van der Waals surface area contributed by atoms with Gasteiger partial charge in [0, 0.05) is 33.3 Å². The molecule has 0 radical (unpaired) electrons. The van der Waals surface area contributed by atoms with Gasteiger partial charge in [-0.3, -0.25) is 9.59 Å². The van der Waals surface area contributed by atoms with Crippen LogP contribution in [0.1, 0.15) is 6.42 Å². The van der Waals surface area contributed by atoms with Gasteiger partial charge >= 0.3 is 12.1 Å². The Morgan fingerprint density at radius 3 is 2.29 bits per heavy atom. The van der Waals surface area contributed by atoms with Gasteiger partial charge in [0.05, 0.1) is 13.2 Å². The number of methoxy groups -OCH3 is 1. The first-order valence-corrected chi connectivity index (χ1v) is 6.57. The van der Waals surface area contributed by atoms with Gasteiger partial charge in [0.1, 0.15) is 6.61 Å². The van der Waals surface area contributed by atoms with E-state index in [0.717, 1.165) is 4.90 Å². The molecule has 0 saturated carbocycles. The zero-order chi connectivity index (χ0) is 15.9. The zero-order valence-electron chi connectivity index (χ0n) is 11.8. The standard InChI is InChI=1S/C12H19F3N2O4/c1-20-7-8-21-9-10(18)16-3-2-4-17(6-5-16)11(19)12(13,14)15/h2-9H2,1H3. The molecule has 0 bridgehead atoms. The lowest BCUT2D eigenvalue weighted by molar-refractivity contribution is -0.185. The topological polar surface area (TPSA) is 59.1 Å². The summed E-state index contributed by atoms with van der Waals surface area (Å²) in [5, 5.41) is 0. The highest BCUT2D eigenvalue weighted by molar-refractivity contribution is 5.82. The normalized spacial score (nSPS) is 16.8. The maximum Gasteiger partial charge on any atom is 0.471 e. The molecule has 1 heterocycles. The fourth-order valence-corrected chi connectivity index (χ4v) is 1.94. The first-order chi connectivity index (χ1) is 9.86. The van der Waals surface area contributed by atoms with Gasteiger partial charge < -0.3 is 19.3 Å². The fraction of sp³-hybridized carbons (Fsp3) is 0.833. The molecule has 9 heteroatoms. The fourth-order valence-electron chi connectivity index (χ4n) is 1.94. The van der Waals surface area contributed by atoms with Crippen molar-refractivity contribution in [1.29, 1.82) is 0 Å². The molecule has 122 valence electrons. The first kappa shape index (κ1) is 17.7. The SMILES string of the molecule is COCCOCC(=O)N1CCCN(C(=O)C(F)(F)F)CC1. The lowest BCUT2D eigenvalue weighted by Gasteiger charge is -2.22. The van der Waals surface area contributed by atoms with Crippen molar-refractivity contribution < 1.29 is 32.2 Å². The molecule has 2 amide bonds. The molecule has 1 aliphatic rings. The molecule has 6 nitrogen and oxygen atoms in total. The van der Waals surface area contributed by atoms with Crippen molar-refractivity contribution in [1.82, 2.24) is 9.80 Å². The van der Waals surface area contributed by atoms with E-state index in [4.69, 9.17) is 9.47 Å². The second-order valence-electron chi connectivity index (χ2n) is 4.57. The maximum absolute atomic E-state index is 12.4. The average molecular weight is 312 g/mol.